The molecule has 1 amide bonds. The number of hydrogen-bond donors (Lipinski definition) is 1. The fourth-order valence-electron chi connectivity index (χ4n) is 2.92. The first-order chi connectivity index (χ1) is 13.4. The Hall–Kier alpha value is -3.28. The van der Waals surface area contributed by atoms with Crippen LogP contribution < -0.4 is 10.1 Å². The van der Waals surface area contributed by atoms with Crippen LogP contribution >= 0.6 is 0 Å². The van der Waals surface area contributed by atoms with Crippen LogP contribution in [-0.4, -0.2) is 25.1 Å². The molecule has 0 aliphatic rings. The number of anilines is 1. The summed E-state index contributed by atoms with van der Waals surface area (Å²) in [6.45, 7) is 7.71. The second-order valence-electron chi connectivity index (χ2n) is 6.52. The maximum atomic E-state index is 12.4. The molecule has 0 aliphatic heterocycles. The number of nitrogens with one attached hydrogen (secondary N) is 1. The van der Waals surface area contributed by atoms with Crippen LogP contribution in [0.5, 0.6) is 5.75 Å². The lowest BCUT2D eigenvalue weighted by Gasteiger charge is -2.10. The average molecular weight is 381 g/mol. The Morgan fingerprint density at radius 2 is 1.86 bits per heavy atom. The zero-order chi connectivity index (χ0) is 20.3. The number of amides is 1. The van der Waals surface area contributed by atoms with Gasteiger partial charge in [0.05, 0.1) is 6.61 Å². The summed E-state index contributed by atoms with van der Waals surface area (Å²) >= 11 is 0. The summed E-state index contributed by atoms with van der Waals surface area (Å²) < 4.78 is 16.2. The van der Waals surface area contributed by atoms with Crippen LogP contribution in [0.25, 0.3) is 11.0 Å². The van der Waals surface area contributed by atoms with Crippen LogP contribution in [0.1, 0.15) is 34.2 Å². The Morgan fingerprint density at radius 3 is 2.61 bits per heavy atom. The maximum Gasteiger partial charge on any atom is 0.375 e. The van der Waals surface area contributed by atoms with E-state index in [1.165, 1.54) is 0 Å². The molecular formula is C22H23NO5. The summed E-state index contributed by atoms with van der Waals surface area (Å²) in [7, 11) is 0. The van der Waals surface area contributed by atoms with Gasteiger partial charge in [-0.25, -0.2) is 4.79 Å². The molecule has 0 spiro atoms. The third-order valence-corrected chi connectivity index (χ3v) is 4.62. The van der Waals surface area contributed by atoms with Crippen molar-refractivity contribution >= 4 is 28.5 Å². The minimum absolute atomic E-state index is 0.0863. The van der Waals surface area contributed by atoms with Crippen LogP contribution in [-0.2, 0) is 9.53 Å². The molecule has 6 nitrogen and oxygen atoms in total. The Balaban J connectivity index is 1.68. The van der Waals surface area contributed by atoms with Crippen LogP contribution in [0, 0.1) is 20.8 Å². The molecule has 0 bridgehead atoms. The third kappa shape index (κ3) is 4.01. The smallest absolute Gasteiger partial charge is 0.375 e. The number of benzene rings is 2. The SMILES string of the molecule is CCOc1ccc2oc(C(=O)OCC(=O)Nc3cccc(C)c3C)c(C)c2c1. The number of hydrogen-bond acceptors (Lipinski definition) is 5. The van der Waals surface area contributed by atoms with Gasteiger partial charge in [0.2, 0.25) is 5.76 Å². The number of carbonyl (C=O) groups is 2. The Morgan fingerprint density at radius 1 is 1.07 bits per heavy atom. The van der Waals surface area contributed by atoms with Crippen molar-refractivity contribution in [2.45, 2.75) is 27.7 Å². The Bertz CT molecular complexity index is 1030. The normalized spacial score (nSPS) is 10.7. The highest BCUT2D eigenvalue weighted by molar-refractivity contribution is 5.98. The highest BCUT2D eigenvalue weighted by atomic mass is 16.5. The molecule has 146 valence electrons. The van der Waals surface area contributed by atoms with E-state index < -0.39 is 18.5 Å². The molecule has 0 saturated carbocycles. The highest BCUT2D eigenvalue weighted by Gasteiger charge is 2.20. The summed E-state index contributed by atoms with van der Waals surface area (Å²) in [6.07, 6.45) is 0. The Kier molecular flexibility index (Phi) is 5.68. The second-order valence-corrected chi connectivity index (χ2v) is 6.52. The first kappa shape index (κ1) is 19.5. The van der Waals surface area contributed by atoms with Gasteiger partial charge in [0, 0.05) is 16.6 Å². The van der Waals surface area contributed by atoms with Crippen molar-refractivity contribution in [2.75, 3.05) is 18.5 Å². The van der Waals surface area contributed by atoms with E-state index in [4.69, 9.17) is 13.9 Å². The zero-order valence-corrected chi connectivity index (χ0v) is 16.4. The van der Waals surface area contributed by atoms with Crippen LogP contribution in [0.4, 0.5) is 5.69 Å². The van der Waals surface area contributed by atoms with E-state index >= 15 is 0 Å². The van der Waals surface area contributed by atoms with Gasteiger partial charge in [-0.2, -0.15) is 0 Å². The molecular weight excluding hydrogens is 358 g/mol. The maximum absolute atomic E-state index is 12.4. The fraction of sp³-hybridized carbons (Fsp3) is 0.273. The van der Waals surface area contributed by atoms with Gasteiger partial charge in [-0.05, 0) is 63.1 Å². The van der Waals surface area contributed by atoms with E-state index in [1.807, 2.05) is 39.0 Å². The van der Waals surface area contributed by atoms with Crippen molar-refractivity contribution in [2.24, 2.45) is 0 Å². The lowest BCUT2D eigenvalue weighted by molar-refractivity contribution is -0.119. The molecule has 3 rings (SSSR count). The molecule has 1 aromatic heterocycles. The quantitative estimate of drug-likeness (QED) is 0.634. The number of aryl methyl sites for hydroxylation is 2. The summed E-state index contributed by atoms with van der Waals surface area (Å²) in [6, 6.07) is 11.0. The predicted molar refractivity (Wildman–Crippen MR) is 107 cm³/mol. The number of esters is 1. The number of ether oxygens (including phenoxy) is 2. The number of furan rings is 1. The monoisotopic (exact) mass is 381 g/mol. The molecule has 0 radical (unpaired) electrons. The molecule has 0 unspecified atom stereocenters. The van der Waals surface area contributed by atoms with Gasteiger partial charge in [-0.15, -0.1) is 0 Å². The Labute approximate surface area is 163 Å². The summed E-state index contributed by atoms with van der Waals surface area (Å²) in [5.74, 6) is -0.299. The third-order valence-electron chi connectivity index (χ3n) is 4.62. The van der Waals surface area contributed by atoms with Gasteiger partial charge >= 0.3 is 5.97 Å². The predicted octanol–water partition coefficient (Wildman–Crippen LogP) is 4.55. The minimum atomic E-state index is -0.678. The first-order valence-corrected chi connectivity index (χ1v) is 9.09. The van der Waals surface area contributed by atoms with Crippen molar-refractivity contribution < 1.29 is 23.5 Å². The minimum Gasteiger partial charge on any atom is -0.494 e. The molecule has 2 aromatic carbocycles. The molecule has 0 atom stereocenters. The molecule has 0 aliphatic carbocycles. The lowest BCUT2D eigenvalue weighted by atomic mass is 10.1. The molecule has 0 saturated heterocycles. The van der Waals surface area contributed by atoms with Crippen molar-refractivity contribution in [1.29, 1.82) is 0 Å². The summed E-state index contributed by atoms with van der Waals surface area (Å²) in [5.41, 5.74) is 3.95. The van der Waals surface area contributed by atoms with E-state index in [1.54, 1.807) is 25.1 Å². The number of fused-ring (bicyclic) bond motifs is 1. The molecule has 0 fully saturated rings. The molecule has 6 heteroatoms. The van der Waals surface area contributed by atoms with E-state index in [2.05, 4.69) is 5.32 Å². The zero-order valence-electron chi connectivity index (χ0n) is 16.4. The van der Waals surface area contributed by atoms with Gasteiger partial charge in [0.1, 0.15) is 11.3 Å². The molecule has 1 heterocycles. The first-order valence-electron chi connectivity index (χ1n) is 9.09. The van der Waals surface area contributed by atoms with Gasteiger partial charge in [-0.3, -0.25) is 4.79 Å². The van der Waals surface area contributed by atoms with E-state index in [-0.39, 0.29) is 5.76 Å². The van der Waals surface area contributed by atoms with Crippen LogP contribution in [0.15, 0.2) is 40.8 Å². The largest absolute Gasteiger partial charge is 0.494 e. The molecule has 1 N–H and O–H groups in total. The topological polar surface area (TPSA) is 77.8 Å². The van der Waals surface area contributed by atoms with E-state index in [0.29, 0.717) is 29.2 Å². The summed E-state index contributed by atoms with van der Waals surface area (Å²) in [4.78, 5) is 24.5. The van der Waals surface area contributed by atoms with Crippen molar-refractivity contribution in [1.82, 2.24) is 0 Å². The van der Waals surface area contributed by atoms with Crippen molar-refractivity contribution in [3.8, 4) is 5.75 Å². The lowest BCUT2D eigenvalue weighted by Crippen LogP contribution is -2.21. The van der Waals surface area contributed by atoms with Gasteiger partial charge in [0.15, 0.2) is 6.61 Å². The van der Waals surface area contributed by atoms with E-state index in [0.717, 1.165) is 16.5 Å². The highest BCUT2D eigenvalue weighted by Crippen LogP contribution is 2.29. The number of rotatable bonds is 6. The average Bonchev–Trinajstić information content (AvgIpc) is 3.00. The summed E-state index contributed by atoms with van der Waals surface area (Å²) in [5, 5.41) is 3.53. The van der Waals surface area contributed by atoms with Gasteiger partial charge in [0.25, 0.3) is 5.91 Å². The molecule has 3 aromatic rings. The second kappa shape index (κ2) is 8.17. The van der Waals surface area contributed by atoms with E-state index in [9.17, 15) is 9.59 Å². The van der Waals surface area contributed by atoms with Crippen molar-refractivity contribution in [3.05, 3.63) is 58.8 Å². The van der Waals surface area contributed by atoms with Crippen molar-refractivity contribution in [3.63, 3.8) is 0 Å². The van der Waals surface area contributed by atoms with Gasteiger partial charge < -0.3 is 19.2 Å². The molecule has 28 heavy (non-hydrogen) atoms. The fourth-order valence-corrected chi connectivity index (χ4v) is 2.92. The van der Waals surface area contributed by atoms with Crippen LogP contribution in [0.2, 0.25) is 0 Å². The number of carbonyl (C=O) groups excluding carboxylic acids is 2. The van der Waals surface area contributed by atoms with Gasteiger partial charge in [-0.1, -0.05) is 12.1 Å². The standard InChI is InChI=1S/C22H23NO5/c1-5-26-16-9-10-19-17(11-16)15(4)21(28-19)22(25)27-12-20(24)23-18-8-6-7-13(2)14(18)3/h6-11H,5,12H2,1-4H3,(H,23,24). The van der Waals surface area contributed by atoms with Crippen LogP contribution in [0.3, 0.4) is 0 Å².